The van der Waals surface area contributed by atoms with Gasteiger partial charge < -0.3 is 4.74 Å². The molecule has 0 spiro atoms. The summed E-state index contributed by atoms with van der Waals surface area (Å²) in [6.45, 7) is 1.25. The first-order chi connectivity index (χ1) is 7.88. The van der Waals surface area contributed by atoms with Gasteiger partial charge >= 0.3 is 11.7 Å². The lowest BCUT2D eigenvalue weighted by molar-refractivity contribution is -0.386. The summed E-state index contributed by atoms with van der Waals surface area (Å²) in [5.41, 5.74) is -2.11. The number of carbonyl (C=O) groups is 1. The number of ether oxygens (including phenoxy) is 1. The Morgan fingerprint density at radius 2 is 2.18 bits per heavy atom. The Hall–Kier alpha value is -2.12. The highest BCUT2D eigenvalue weighted by Gasteiger charge is 2.28. The second kappa shape index (κ2) is 4.81. The Morgan fingerprint density at radius 1 is 1.59 bits per heavy atom. The molecule has 1 aromatic heterocycles. The van der Waals surface area contributed by atoms with Crippen LogP contribution < -0.4 is 0 Å². The maximum absolute atomic E-state index is 12.4. The fourth-order valence-electron chi connectivity index (χ4n) is 1.27. The van der Waals surface area contributed by atoms with E-state index in [1.165, 1.54) is 6.92 Å². The number of halogens is 2. The van der Waals surface area contributed by atoms with Crippen molar-refractivity contribution in [2.45, 2.75) is 13.3 Å². The molecule has 0 aromatic carbocycles. The molecule has 1 rings (SSSR count). The van der Waals surface area contributed by atoms with Gasteiger partial charge in [-0.25, -0.2) is 18.6 Å². The summed E-state index contributed by atoms with van der Waals surface area (Å²) in [5.74, 6) is -1.12. The zero-order valence-corrected chi connectivity index (χ0v) is 8.94. The van der Waals surface area contributed by atoms with Crippen LogP contribution in [-0.2, 0) is 4.74 Å². The van der Waals surface area contributed by atoms with Crippen molar-refractivity contribution >= 4 is 11.7 Å². The number of hydrogen-bond acceptors (Lipinski definition) is 5. The first-order valence-corrected chi connectivity index (χ1v) is 4.40. The highest BCUT2D eigenvalue weighted by Crippen LogP contribution is 2.27. The number of esters is 1. The van der Waals surface area contributed by atoms with Crippen molar-refractivity contribution in [3.05, 3.63) is 33.1 Å². The van der Waals surface area contributed by atoms with Crippen LogP contribution in [0, 0.1) is 17.0 Å². The van der Waals surface area contributed by atoms with E-state index in [0.717, 1.165) is 13.2 Å². The molecule has 17 heavy (non-hydrogen) atoms. The standard InChI is InChI=1S/C9H8F2N2O4/c1-4-3-5(8(10)11)12-6(9(14)17-2)7(4)13(15)16/h3,8H,1-2H3. The maximum atomic E-state index is 12.4. The quantitative estimate of drug-likeness (QED) is 0.463. The van der Waals surface area contributed by atoms with Crippen LogP contribution in [0.15, 0.2) is 6.07 Å². The van der Waals surface area contributed by atoms with E-state index in [2.05, 4.69) is 9.72 Å². The van der Waals surface area contributed by atoms with Crippen LogP contribution in [0.4, 0.5) is 14.5 Å². The Morgan fingerprint density at radius 3 is 2.59 bits per heavy atom. The molecular weight excluding hydrogens is 238 g/mol. The molecule has 6 nitrogen and oxygen atoms in total. The van der Waals surface area contributed by atoms with Gasteiger partial charge in [0.25, 0.3) is 6.43 Å². The maximum Gasteiger partial charge on any atom is 0.363 e. The summed E-state index contributed by atoms with van der Waals surface area (Å²) in [5, 5.41) is 10.7. The first-order valence-electron chi connectivity index (χ1n) is 4.40. The second-order valence-electron chi connectivity index (χ2n) is 3.11. The molecule has 0 aliphatic heterocycles. The van der Waals surface area contributed by atoms with E-state index in [-0.39, 0.29) is 5.56 Å². The van der Waals surface area contributed by atoms with Crippen molar-refractivity contribution in [3.8, 4) is 0 Å². The molecule has 0 saturated carbocycles. The van der Waals surface area contributed by atoms with Gasteiger partial charge in [-0.2, -0.15) is 0 Å². The Labute approximate surface area is 94.4 Å². The van der Waals surface area contributed by atoms with Crippen molar-refractivity contribution in [2.75, 3.05) is 7.11 Å². The summed E-state index contributed by atoms with van der Waals surface area (Å²) in [6, 6.07) is 0.870. The zero-order chi connectivity index (χ0) is 13.2. The van der Waals surface area contributed by atoms with Gasteiger partial charge in [0.1, 0.15) is 5.69 Å². The predicted molar refractivity (Wildman–Crippen MR) is 51.9 cm³/mol. The van der Waals surface area contributed by atoms with Gasteiger partial charge in [0.2, 0.25) is 5.69 Å². The third-order valence-electron chi connectivity index (χ3n) is 1.99. The molecule has 0 atom stereocenters. The number of methoxy groups -OCH3 is 1. The molecule has 0 fully saturated rings. The highest BCUT2D eigenvalue weighted by molar-refractivity contribution is 5.92. The molecule has 0 bridgehead atoms. The third kappa shape index (κ3) is 2.52. The molecule has 0 saturated heterocycles. The molecule has 1 heterocycles. The fourth-order valence-corrected chi connectivity index (χ4v) is 1.27. The number of nitrogens with zero attached hydrogens (tertiary/aromatic N) is 2. The van der Waals surface area contributed by atoms with Gasteiger partial charge in [0.15, 0.2) is 0 Å². The van der Waals surface area contributed by atoms with Crippen molar-refractivity contribution < 1.29 is 23.2 Å². The Bertz CT molecular complexity index is 476. The Balaban J connectivity index is 3.50. The van der Waals surface area contributed by atoms with Gasteiger partial charge in [-0.05, 0) is 13.0 Å². The average molecular weight is 246 g/mol. The van der Waals surface area contributed by atoms with E-state index in [4.69, 9.17) is 0 Å². The molecule has 1 aromatic rings. The van der Waals surface area contributed by atoms with Crippen LogP contribution in [0.3, 0.4) is 0 Å². The molecule has 0 aliphatic carbocycles. The van der Waals surface area contributed by atoms with E-state index in [1.807, 2.05) is 0 Å². The fraction of sp³-hybridized carbons (Fsp3) is 0.333. The number of pyridine rings is 1. The SMILES string of the molecule is COC(=O)c1nc(C(F)F)cc(C)c1[N+](=O)[O-]. The van der Waals surface area contributed by atoms with E-state index >= 15 is 0 Å². The molecule has 8 heteroatoms. The highest BCUT2D eigenvalue weighted by atomic mass is 19.3. The van der Waals surface area contributed by atoms with Gasteiger partial charge in [-0.1, -0.05) is 0 Å². The van der Waals surface area contributed by atoms with Gasteiger partial charge in [0, 0.05) is 5.56 Å². The van der Waals surface area contributed by atoms with E-state index in [1.54, 1.807) is 0 Å². The monoisotopic (exact) mass is 246 g/mol. The molecule has 0 aliphatic rings. The van der Waals surface area contributed by atoms with Crippen molar-refractivity contribution in [2.24, 2.45) is 0 Å². The summed E-state index contributed by atoms with van der Waals surface area (Å²) >= 11 is 0. The molecular formula is C9H8F2N2O4. The minimum absolute atomic E-state index is 0.0688. The smallest absolute Gasteiger partial charge is 0.363 e. The predicted octanol–water partition coefficient (Wildman–Crippen LogP) is 2.02. The van der Waals surface area contributed by atoms with E-state index in [9.17, 15) is 23.7 Å². The van der Waals surface area contributed by atoms with Gasteiger partial charge in [0.05, 0.1) is 12.0 Å². The molecule has 0 unspecified atom stereocenters. The van der Waals surface area contributed by atoms with E-state index < -0.39 is 34.4 Å². The van der Waals surface area contributed by atoms with Crippen LogP contribution in [0.5, 0.6) is 0 Å². The van der Waals surface area contributed by atoms with Crippen LogP contribution in [-0.4, -0.2) is 23.0 Å². The minimum Gasteiger partial charge on any atom is -0.464 e. The van der Waals surface area contributed by atoms with Gasteiger partial charge in [-0.3, -0.25) is 10.1 Å². The molecule has 92 valence electrons. The number of carbonyl (C=O) groups excluding carboxylic acids is 1. The topological polar surface area (TPSA) is 82.3 Å². The molecule has 0 amide bonds. The van der Waals surface area contributed by atoms with Crippen LogP contribution in [0.1, 0.15) is 28.2 Å². The number of alkyl halides is 2. The van der Waals surface area contributed by atoms with Crippen LogP contribution in [0.2, 0.25) is 0 Å². The first kappa shape index (κ1) is 12.9. The largest absolute Gasteiger partial charge is 0.464 e. The lowest BCUT2D eigenvalue weighted by Crippen LogP contribution is -2.11. The number of rotatable bonds is 3. The summed E-state index contributed by atoms with van der Waals surface area (Å²) in [6.07, 6.45) is -2.92. The van der Waals surface area contributed by atoms with Crippen LogP contribution >= 0.6 is 0 Å². The van der Waals surface area contributed by atoms with Crippen molar-refractivity contribution in [1.82, 2.24) is 4.98 Å². The summed E-state index contributed by atoms with van der Waals surface area (Å²) in [7, 11) is 0.984. The van der Waals surface area contributed by atoms with Crippen molar-refractivity contribution in [1.29, 1.82) is 0 Å². The summed E-state index contributed by atoms with van der Waals surface area (Å²) in [4.78, 5) is 24.3. The Kier molecular flexibility index (Phi) is 3.66. The molecule has 0 N–H and O–H groups in total. The molecule has 0 radical (unpaired) electrons. The summed E-state index contributed by atoms with van der Waals surface area (Å²) < 4.78 is 29.2. The van der Waals surface area contributed by atoms with Crippen molar-refractivity contribution in [3.63, 3.8) is 0 Å². The number of nitro groups is 1. The normalized spacial score (nSPS) is 10.4. The number of hydrogen-bond donors (Lipinski definition) is 0. The zero-order valence-electron chi connectivity index (χ0n) is 8.94. The lowest BCUT2D eigenvalue weighted by Gasteiger charge is -2.06. The van der Waals surface area contributed by atoms with Crippen LogP contribution in [0.25, 0.3) is 0 Å². The minimum atomic E-state index is -2.92. The number of aromatic nitrogens is 1. The second-order valence-corrected chi connectivity index (χ2v) is 3.11. The van der Waals surface area contributed by atoms with Gasteiger partial charge in [-0.15, -0.1) is 0 Å². The third-order valence-corrected chi connectivity index (χ3v) is 1.99. The average Bonchev–Trinajstić information content (AvgIpc) is 2.26. The lowest BCUT2D eigenvalue weighted by atomic mass is 10.1. The van der Waals surface area contributed by atoms with E-state index in [0.29, 0.717) is 0 Å². The number of aryl methyl sites for hydroxylation is 1.